The second-order valence-electron chi connectivity index (χ2n) is 4.83. The Morgan fingerprint density at radius 3 is 3.19 bits per heavy atom. The molecule has 0 spiro atoms. The second kappa shape index (κ2) is 6.43. The van der Waals surface area contributed by atoms with Crippen LogP contribution in [0.1, 0.15) is 5.56 Å². The molecule has 0 radical (unpaired) electrons. The molecule has 5 nitrogen and oxygen atoms in total. The van der Waals surface area contributed by atoms with Crippen molar-refractivity contribution >= 4 is 11.6 Å². The van der Waals surface area contributed by atoms with Gasteiger partial charge in [0.1, 0.15) is 11.9 Å². The van der Waals surface area contributed by atoms with E-state index in [0.29, 0.717) is 31.1 Å². The molecule has 2 heterocycles. The monoisotopic (exact) mass is 311 g/mol. The topological polar surface area (TPSA) is 59.2 Å². The smallest absolute Gasteiger partial charge is 0.157 e. The highest BCUT2D eigenvalue weighted by Gasteiger charge is 2.30. The number of nitrogens with one attached hydrogen (secondary N) is 2. The van der Waals surface area contributed by atoms with Crippen LogP contribution in [0.2, 0.25) is 5.02 Å². The first kappa shape index (κ1) is 14.3. The molecule has 1 aliphatic heterocycles. The Morgan fingerprint density at radius 2 is 2.38 bits per heavy atom. The van der Waals surface area contributed by atoms with Crippen molar-refractivity contribution < 1.29 is 13.9 Å². The summed E-state index contributed by atoms with van der Waals surface area (Å²) in [4.78, 5) is 0. The van der Waals surface area contributed by atoms with Crippen LogP contribution in [0.15, 0.2) is 30.6 Å². The van der Waals surface area contributed by atoms with Gasteiger partial charge in [0.05, 0.1) is 36.7 Å². The molecular weight excluding hydrogens is 297 g/mol. The second-order valence-corrected chi connectivity index (χ2v) is 5.24. The van der Waals surface area contributed by atoms with E-state index in [2.05, 4.69) is 15.5 Å². The number of H-pyrrole nitrogens is 1. The van der Waals surface area contributed by atoms with E-state index in [1.807, 2.05) is 0 Å². The number of hydrogen-bond donors (Lipinski definition) is 2. The number of benzene rings is 1. The zero-order valence-electron chi connectivity index (χ0n) is 11.2. The van der Waals surface area contributed by atoms with E-state index in [0.717, 1.165) is 0 Å². The fourth-order valence-corrected chi connectivity index (χ4v) is 2.44. The molecule has 0 bridgehead atoms. The lowest BCUT2D eigenvalue weighted by atomic mass is 10.1. The van der Waals surface area contributed by atoms with Crippen LogP contribution in [0.25, 0.3) is 0 Å². The van der Waals surface area contributed by atoms with Gasteiger partial charge in [-0.2, -0.15) is 5.10 Å². The highest BCUT2D eigenvalue weighted by atomic mass is 35.5. The molecule has 2 N–H and O–H groups in total. The van der Waals surface area contributed by atoms with Crippen LogP contribution in [0.3, 0.4) is 0 Å². The quantitative estimate of drug-likeness (QED) is 0.888. The Kier molecular flexibility index (Phi) is 4.38. The first-order valence-corrected chi connectivity index (χ1v) is 7.01. The number of aromatic nitrogens is 2. The van der Waals surface area contributed by atoms with Gasteiger partial charge in [-0.1, -0.05) is 23.7 Å². The van der Waals surface area contributed by atoms with Gasteiger partial charge in [-0.25, -0.2) is 4.39 Å². The van der Waals surface area contributed by atoms with Gasteiger partial charge >= 0.3 is 0 Å². The molecule has 112 valence electrons. The van der Waals surface area contributed by atoms with E-state index in [-0.39, 0.29) is 17.2 Å². The molecular formula is C14H15ClFN3O2. The standard InChI is InChI=1S/C14H15ClFN3O2/c15-11-3-1-2-9(14(11)16)4-17-12-7-20-8-13(12)21-10-5-18-19-6-10/h1-3,5-6,12-13,17H,4,7-8H2,(H,18,19)/t12-,13+/m0/s1. The van der Waals surface area contributed by atoms with Crippen molar-refractivity contribution in [2.24, 2.45) is 0 Å². The third kappa shape index (κ3) is 3.34. The van der Waals surface area contributed by atoms with Gasteiger partial charge in [0.15, 0.2) is 5.75 Å². The highest BCUT2D eigenvalue weighted by molar-refractivity contribution is 6.30. The largest absolute Gasteiger partial charge is 0.483 e. The Hall–Kier alpha value is -1.63. The lowest BCUT2D eigenvalue weighted by Gasteiger charge is -2.20. The third-order valence-electron chi connectivity index (χ3n) is 3.38. The minimum atomic E-state index is -0.391. The lowest BCUT2D eigenvalue weighted by Crippen LogP contribution is -2.41. The third-order valence-corrected chi connectivity index (χ3v) is 3.67. The molecule has 3 rings (SSSR count). The SMILES string of the molecule is Fc1c(Cl)cccc1CN[C@H]1COC[C@H]1Oc1cn[nH]c1. The van der Waals surface area contributed by atoms with Crippen molar-refractivity contribution in [2.45, 2.75) is 18.7 Å². The average molecular weight is 312 g/mol. The molecule has 1 fully saturated rings. The Bertz CT molecular complexity index is 594. The van der Waals surface area contributed by atoms with E-state index in [1.165, 1.54) is 6.07 Å². The van der Waals surface area contributed by atoms with Gasteiger partial charge in [0.25, 0.3) is 0 Å². The van der Waals surface area contributed by atoms with Crippen molar-refractivity contribution in [3.8, 4) is 5.75 Å². The average Bonchev–Trinajstić information content (AvgIpc) is 3.13. The number of hydrogen-bond acceptors (Lipinski definition) is 4. The van der Waals surface area contributed by atoms with Crippen LogP contribution in [-0.4, -0.2) is 35.6 Å². The van der Waals surface area contributed by atoms with Gasteiger partial charge in [-0.3, -0.25) is 5.10 Å². The van der Waals surface area contributed by atoms with Crippen LogP contribution in [0.5, 0.6) is 5.75 Å². The number of nitrogens with zero attached hydrogens (tertiary/aromatic N) is 1. The summed E-state index contributed by atoms with van der Waals surface area (Å²) >= 11 is 5.77. The fraction of sp³-hybridized carbons (Fsp3) is 0.357. The van der Waals surface area contributed by atoms with Crippen LogP contribution in [0.4, 0.5) is 4.39 Å². The summed E-state index contributed by atoms with van der Waals surface area (Å²) in [7, 11) is 0. The van der Waals surface area contributed by atoms with Crippen molar-refractivity contribution in [1.82, 2.24) is 15.5 Å². The molecule has 2 atom stereocenters. The van der Waals surface area contributed by atoms with Crippen LogP contribution in [0, 0.1) is 5.82 Å². The lowest BCUT2D eigenvalue weighted by molar-refractivity contribution is 0.139. The van der Waals surface area contributed by atoms with Crippen molar-refractivity contribution in [3.63, 3.8) is 0 Å². The van der Waals surface area contributed by atoms with Crippen LogP contribution < -0.4 is 10.1 Å². The number of halogens is 2. The maximum absolute atomic E-state index is 13.8. The van der Waals surface area contributed by atoms with Gasteiger partial charge in [-0.15, -0.1) is 0 Å². The zero-order valence-corrected chi connectivity index (χ0v) is 11.9. The van der Waals surface area contributed by atoms with E-state index in [1.54, 1.807) is 24.5 Å². The van der Waals surface area contributed by atoms with Gasteiger partial charge in [-0.05, 0) is 6.07 Å². The van der Waals surface area contributed by atoms with E-state index < -0.39 is 5.82 Å². The van der Waals surface area contributed by atoms with E-state index in [4.69, 9.17) is 21.1 Å². The molecule has 21 heavy (non-hydrogen) atoms. The molecule has 1 aromatic heterocycles. The summed E-state index contributed by atoms with van der Waals surface area (Å²) in [5, 5.41) is 9.90. The van der Waals surface area contributed by atoms with Gasteiger partial charge in [0.2, 0.25) is 0 Å². The Morgan fingerprint density at radius 1 is 1.48 bits per heavy atom. The number of rotatable bonds is 5. The maximum atomic E-state index is 13.8. The van der Waals surface area contributed by atoms with Crippen LogP contribution in [-0.2, 0) is 11.3 Å². The molecule has 0 unspecified atom stereocenters. The zero-order chi connectivity index (χ0) is 14.7. The minimum Gasteiger partial charge on any atom is -0.483 e. The summed E-state index contributed by atoms with van der Waals surface area (Å²) < 4.78 is 25.0. The summed E-state index contributed by atoms with van der Waals surface area (Å²) in [5.74, 6) is 0.268. The van der Waals surface area contributed by atoms with Crippen molar-refractivity contribution in [3.05, 3.63) is 47.0 Å². The molecule has 2 aromatic rings. The Labute approximate surface area is 126 Å². The minimum absolute atomic E-state index is 0.0155. The number of ether oxygens (including phenoxy) is 2. The van der Waals surface area contributed by atoms with E-state index in [9.17, 15) is 4.39 Å². The molecule has 0 aliphatic carbocycles. The van der Waals surface area contributed by atoms with Crippen LogP contribution >= 0.6 is 11.6 Å². The first-order chi connectivity index (χ1) is 10.2. The maximum Gasteiger partial charge on any atom is 0.157 e. The molecule has 7 heteroatoms. The van der Waals surface area contributed by atoms with E-state index >= 15 is 0 Å². The van der Waals surface area contributed by atoms with Crippen molar-refractivity contribution in [1.29, 1.82) is 0 Å². The first-order valence-electron chi connectivity index (χ1n) is 6.63. The highest BCUT2D eigenvalue weighted by Crippen LogP contribution is 2.19. The van der Waals surface area contributed by atoms with Gasteiger partial charge in [0, 0.05) is 12.1 Å². The molecule has 1 aliphatic rings. The predicted molar refractivity (Wildman–Crippen MR) is 75.9 cm³/mol. The predicted octanol–water partition coefficient (Wildman–Crippen LogP) is 2.14. The van der Waals surface area contributed by atoms with Crippen molar-refractivity contribution in [2.75, 3.05) is 13.2 Å². The number of aromatic amines is 1. The molecule has 0 amide bonds. The Balaban J connectivity index is 1.60. The summed E-state index contributed by atoms with van der Waals surface area (Å²) in [6.07, 6.45) is 3.14. The van der Waals surface area contributed by atoms with Gasteiger partial charge < -0.3 is 14.8 Å². The summed E-state index contributed by atoms with van der Waals surface area (Å²) in [5.41, 5.74) is 0.525. The normalized spacial score (nSPS) is 21.6. The fourth-order valence-electron chi connectivity index (χ4n) is 2.25. The summed E-state index contributed by atoms with van der Waals surface area (Å²) in [6, 6.07) is 4.95. The molecule has 0 saturated carbocycles. The summed E-state index contributed by atoms with van der Waals surface area (Å²) in [6.45, 7) is 1.37. The molecule has 1 saturated heterocycles. The molecule has 1 aromatic carbocycles.